The average molecular weight is 343 g/mol. The molecule has 21 heavy (non-hydrogen) atoms. The summed E-state index contributed by atoms with van der Waals surface area (Å²) in [5.74, 6) is -0.451. The first kappa shape index (κ1) is 16.2. The number of sulfonamides is 1. The van der Waals surface area contributed by atoms with Crippen molar-refractivity contribution in [1.82, 2.24) is 4.72 Å². The highest BCUT2D eigenvalue weighted by molar-refractivity contribution is 7.92. The van der Waals surface area contributed by atoms with E-state index in [0.29, 0.717) is 6.42 Å². The molecule has 7 heteroatoms. The number of hydrogen-bond donors (Lipinski definition) is 1. The maximum atomic E-state index is 11.9. The summed E-state index contributed by atoms with van der Waals surface area (Å²) in [5, 5.41) is 1.67. The zero-order valence-corrected chi connectivity index (χ0v) is 14.3. The number of carbonyl (C=O) groups excluding carboxylic acids is 1. The number of aryl methyl sites for hydroxylation is 3. The Bertz CT molecular complexity index is 715. The molecular formula is C14H17NO3S3. The minimum atomic E-state index is -3.69. The van der Waals surface area contributed by atoms with Crippen LogP contribution in [-0.2, 0) is 21.2 Å². The zero-order chi connectivity index (χ0) is 15.5. The van der Waals surface area contributed by atoms with Gasteiger partial charge in [-0.15, -0.1) is 22.7 Å². The predicted molar refractivity (Wildman–Crippen MR) is 86.4 cm³/mol. The second kappa shape index (κ2) is 6.72. The van der Waals surface area contributed by atoms with E-state index in [1.807, 2.05) is 0 Å². The second-order valence-corrected chi connectivity index (χ2v) is 9.07. The lowest BCUT2D eigenvalue weighted by atomic mass is 10.1. The van der Waals surface area contributed by atoms with E-state index >= 15 is 0 Å². The number of rotatable bonds is 6. The average Bonchev–Trinajstić information content (AvgIpc) is 2.99. The van der Waals surface area contributed by atoms with Crippen molar-refractivity contribution in [3.63, 3.8) is 0 Å². The van der Waals surface area contributed by atoms with Crippen LogP contribution in [0.4, 0.5) is 0 Å². The van der Waals surface area contributed by atoms with Gasteiger partial charge in [0.05, 0.1) is 0 Å². The number of hydrogen-bond acceptors (Lipinski definition) is 5. The van der Waals surface area contributed by atoms with Gasteiger partial charge in [0.2, 0.25) is 5.91 Å². The highest BCUT2D eigenvalue weighted by Gasteiger charge is 2.18. The molecule has 0 spiro atoms. The molecule has 0 saturated carbocycles. The van der Waals surface area contributed by atoms with Gasteiger partial charge >= 0.3 is 0 Å². The third-order valence-corrected chi connectivity index (χ3v) is 6.78. The fourth-order valence-corrected chi connectivity index (χ4v) is 5.02. The van der Waals surface area contributed by atoms with E-state index < -0.39 is 15.9 Å². The van der Waals surface area contributed by atoms with Crippen LogP contribution in [0.25, 0.3) is 0 Å². The Labute approximate surface area is 132 Å². The Hall–Kier alpha value is -1.18. The van der Waals surface area contributed by atoms with Gasteiger partial charge < -0.3 is 0 Å². The molecular weight excluding hydrogens is 326 g/mol. The molecule has 4 nitrogen and oxygen atoms in total. The van der Waals surface area contributed by atoms with E-state index in [0.717, 1.165) is 17.8 Å². The summed E-state index contributed by atoms with van der Waals surface area (Å²) < 4.78 is 26.0. The molecule has 2 rings (SSSR count). The van der Waals surface area contributed by atoms with E-state index in [2.05, 4.69) is 24.6 Å². The molecule has 1 amide bonds. The SMILES string of the molecule is Cc1cc(CCCC(=O)NS(=O)(=O)c2cccs2)c(C)s1. The van der Waals surface area contributed by atoms with Crippen LogP contribution in [0.1, 0.15) is 28.2 Å². The number of carbonyl (C=O) groups is 1. The summed E-state index contributed by atoms with van der Waals surface area (Å²) in [7, 11) is -3.69. The molecule has 0 aliphatic rings. The molecule has 0 aliphatic heterocycles. The summed E-state index contributed by atoms with van der Waals surface area (Å²) in [6, 6.07) is 5.25. The first-order valence-electron chi connectivity index (χ1n) is 6.53. The lowest BCUT2D eigenvalue weighted by Crippen LogP contribution is -2.29. The highest BCUT2D eigenvalue weighted by atomic mass is 32.2. The van der Waals surface area contributed by atoms with E-state index in [1.54, 1.807) is 22.8 Å². The quantitative estimate of drug-likeness (QED) is 0.875. The molecule has 0 fully saturated rings. The molecule has 0 radical (unpaired) electrons. The second-order valence-electron chi connectivity index (χ2n) is 4.75. The maximum Gasteiger partial charge on any atom is 0.273 e. The number of thiophene rings is 2. The minimum absolute atomic E-state index is 0.167. The molecule has 0 aromatic carbocycles. The van der Waals surface area contributed by atoms with Gasteiger partial charge in [0, 0.05) is 16.2 Å². The van der Waals surface area contributed by atoms with Crippen molar-refractivity contribution < 1.29 is 13.2 Å². The molecule has 0 saturated heterocycles. The van der Waals surface area contributed by atoms with Gasteiger partial charge in [-0.25, -0.2) is 13.1 Å². The fraction of sp³-hybridized carbons (Fsp3) is 0.357. The molecule has 2 aromatic heterocycles. The van der Waals surface area contributed by atoms with Gasteiger partial charge in [0.25, 0.3) is 10.0 Å². The van der Waals surface area contributed by atoms with E-state index in [4.69, 9.17) is 0 Å². The summed E-state index contributed by atoms with van der Waals surface area (Å²) in [6.07, 6.45) is 1.64. The summed E-state index contributed by atoms with van der Waals surface area (Å²) in [5.41, 5.74) is 1.24. The molecule has 114 valence electrons. The molecule has 0 unspecified atom stereocenters. The number of amides is 1. The first-order chi connectivity index (χ1) is 9.88. The summed E-state index contributed by atoms with van der Waals surface area (Å²) >= 11 is 2.84. The Morgan fingerprint density at radius 3 is 2.67 bits per heavy atom. The van der Waals surface area contributed by atoms with Crippen LogP contribution in [0.2, 0.25) is 0 Å². The zero-order valence-electron chi connectivity index (χ0n) is 11.9. The lowest BCUT2D eigenvalue weighted by Gasteiger charge is -2.05. The van der Waals surface area contributed by atoms with Gasteiger partial charge in [0.1, 0.15) is 4.21 Å². The van der Waals surface area contributed by atoms with Crippen molar-refractivity contribution in [1.29, 1.82) is 0 Å². The number of nitrogens with one attached hydrogen (secondary N) is 1. The van der Waals surface area contributed by atoms with Gasteiger partial charge in [-0.05, 0) is 49.8 Å². The predicted octanol–water partition coefficient (Wildman–Crippen LogP) is 3.25. The van der Waals surface area contributed by atoms with Crippen molar-refractivity contribution in [2.45, 2.75) is 37.3 Å². The summed E-state index contributed by atoms with van der Waals surface area (Å²) in [4.78, 5) is 14.3. The first-order valence-corrected chi connectivity index (χ1v) is 9.71. The summed E-state index contributed by atoms with van der Waals surface area (Å²) in [6.45, 7) is 4.12. The van der Waals surface area contributed by atoms with Crippen LogP contribution in [0.3, 0.4) is 0 Å². The van der Waals surface area contributed by atoms with Crippen LogP contribution in [0.15, 0.2) is 27.8 Å². The molecule has 0 aliphatic carbocycles. The van der Waals surface area contributed by atoms with Crippen LogP contribution in [0.5, 0.6) is 0 Å². The Kier molecular flexibility index (Phi) is 5.18. The third-order valence-electron chi connectivity index (χ3n) is 3.00. The van der Waals surface area contributed by atoms with Crippen molar-refractivity contribution in [2.75, 3.05) is 0 Å². The Balaban J connectivity index is 1.84. The van der Waals surface area contributed by atoms with Crippen molar-refractivity contribution in [3.8, 4) is 0 Å². The lowest BCUT2D eigenvalue weighted by molar-refractivity contribution is -0.119. The molecule has 0 bridgehead atoms. The van der Waals surface area contributed by atoms with Gasteiger partial charge in [0.15, 0.2) is 0 Å². The molecule has 2 aromatic rings. The largest absolute Gasteiger partial charge is 0.274 e. The van der Waals surface area contributed by atoms with Crippen molar-refractivity contribution >= 4 is 38.6 Å². The Morgan fingerprint density at radius 1 is 1.33 bits per heavy atom. The van der Waals surface area contributed by atoms with E-state index in [-0.39, 0.29) is 10.6 Å². The fourth-order valence-electron chi connectivity index (χ4n) is 2.04. The van der Waals surface area contributed by atoms with Crippen LogP contribution in [0, 0.1) is 13.8 Å². The smallest absolute Gasteiger partial charge is 0.273 e. The van der Waals surface area contributed by atoms with Crippen LogP contribution >= 0.6 is 22.7 Å². The van der Waals surface area contributed by atoms with E-state index in [9.17, 15) is 13.2 Å². The van der Waals surface area contributed by atoms with Crippen molar-refractivity contribution in [2.24, 2.45) is 0 Å². The monoisotopic (exact) mass is 343 g/mol. The van der Waals surface area contributed by atoms with E-state index in [1.165, 1.54) is 21.4 Å². The highest BCUT2D eigenvalue weighted by Crippen LogP contribution is 2.22. The maximum absolute atomic E-state index is 11.9. The molecule has 0 atom stereocenters. The Morgan fingerprint density at radius 2 is 2.10 bits per heavy atom. The third kappa shape index (κ3) is 4.39. The van der Waals surface area contributed by atoms with Crippen LogP contribution < -0.4 is 4.72 Å². The molecule has 1 N–H and O–H groups in total. The minimum Gasteiger partial charge on any atom is -0.274 e. The van der Waals surface area contributed by atoms with Gasteiger partial charge in [-0.1, -0.05) is 6.07 Å². The topological polar surface area (TPSA) is 63.2 Å². The van der Waals surface area contributed by atoms with Crippen molar-refractivity contribution in [3.05, 3.63) is 38.9 Å². The van der Waals surface area contributed by atoms with Gasteiger partial charge in [-0.2, -0.15) is 0 Å². The normalized spacial score (nSPS) is 11.5. The van der Waals surface area contributed by atoms with Gasteiger partial charge in [-0.3, -0.25) is 4.79 Å². The molecule has 2 heterocycles. The van der Waals surface area contributed by atoms with Crippen LogP contribution in [-0.4, -0.2) is 14.3 Å². The standard InChI is InChI=1S/C14H17NO3S3/c1-10-9-12(11(2)20-10)5-3-6-13(16)15-21(17,18)14-7-4-8-19-14/h4,7-9H,3,5-6H2,1-2H3,(H,15,16).